The summed E-state index contributed by atoms with van der Waals surface area (Å²) < 4.78 is 0. The minimum absolute atomic E-state index is 0.537. The molecule has 0 radical (unpaired) electrons. The average molecular weight is 207 g/mol. The van der Waals surface area contributed by atoms with Crippen molar-refractivity contribution in [1.82, 2.24) is 0 Å². The molecule has 3 nitrogen and oxygen atoms in total. The van der Waals surface area contributed by atoms with Crippen LogP contribution in [-0.2, 0) is 16.8 Å². The SMILES string of the molecule is CCCc1ccc(C(C)(O)C(N)=O)cc1. The molecule has 0 fully saturated rings. The van der Waals surface area contributed by atoms with Gasteiger partial charge in [-0.25, -0.2) is 0 Å². The van der Waals surface area contributed by atoms with E-state index in [1.165, 1.54) is 12.5 Å². The largest absolute Gasteiger partial charge is 0.376 e. The van der Waals surface area contributed by atoms with Gasteiger partial charge < -0.3 is 10.8 Å². The number of nitrogens with two attached hydrogens (primary N) is 1. The lowest BCUT2D eigenvalue weighted by molar-refractivity contribution is -0.135. The van der Waals surface area contributed by atoms with E-state index < -0.39 is 11.5 Å². The molecule has 3 N–H and O–H groups in total. The van der Waals surface area contributed by atoms with Crippen molar-refractivity contribution in [2.24, 2.45) is 5.73 Å². The van der Waals surface area contributed by atoms with Crippen LogP contribution in [0.3, 0.4) is 0 Å². The molecule has 0 saturated heterocycles. The minimum Gasteiger partial charge on any atom is -0.376 e. The van der Waals surface area contributed by atoms with Gasteiger partial charge in [0.05, 0.1) is 0 Å². The minimum atomic E-state index is -1.58. The second-order valence-electron chi connectivity index (χ2n) is 3.88. The zero-order valence-electron chi connectivity index (χ0n) is 9.16. The van der Waals surface area contributed by atoms with E-state index in [2.05, 4.69) is 6.92 Å². The van der Waals surface area contributed by atoms with Crippen LogP contribution in [0.4, 0.5) is 0 Å². The van der Waals surface area contributed by atoms with E-state index in [0.29, 0.717) is 5.56 Å². The number of rotatable bonds is 4. The number of hydrogen-bond acceptors (Lipinski definition) is 2. The van der Waals surface area contributed by atoms with Crippen molar-refractivity contribution in [2.45, 2.75) is 32.3 Å². The number of primary amides is 1. The monoisotopic (exact) mass is 207 g/mol. The lowest BCUT2D eigenvalue weighted by Crippen LogP contribution is -2.38. The number of carbonyl (C=O) groups excluding carboxylic acids is 1. The first-order valence-corrected chi connectivity index (χ1v) is 5.10. The van der Waals surface area contributed by atoms with Crippen LogP contribution in [0.15, 0.2) is 24.3 Å². The van der Waals surface area contributed by atoms with Crippen molar-refractivity contribution >= 4 is 5.91 Å². The summed E-state index contributed by atoms with van der Waals surface area (Å²) in [5.74, 6) is -0.731. The smallest absolute Gasteiger partial charge is 0.253 e. The molecule has 0 bridgehead atoms. The number of carbonyl (C=O) groups is 1. The molecule has 0 aliphatic carbocycles. The second-order valence-corrected chi connectivity index (χ2v) is 3.88. The number of hydrogen-bond donors (Lipinski definition) is 2. The topological polar surface area (TPSA) is 63.3 Å². The van der Waals surface area contributed by atoms with E-state index in [4.69, 9.17) is 5.73 Å². The van der Waals surface area contributed by atoms with Crippen LogP contribution >= 0.6 is 0 Å². The highest BCUT2D eigenvalue weighted by Crippen LogP contribution is 2.20. The van der Waals surface area contributed by atoms with Crippen LogP contribution in [0.25, 0.3) is 0 Å². The Kier molecular flexibility index (Phi) is 3.48. The Morgan fingerprint density at radius 2 is 1.93 bits per heavy atom. The normalized spacial score (nSPS) is 14.6. The highest BCUT2D eigenvalue weighted by Gasteiger charge is 2.29. The molecular weight excluding hydrogens is 190 g/mol. The van der Waals surface area contributed by atoms with Crippen LogP contribution in [0.1, 0.15) is 31.4 Å². The Bertz CT molecular complexity index is 341. The Balaban J connectivity index is 2.93. The van der Waals surface area contributed by atoms with E-state index in [-0.39, 0.29) is 0 Å². The van der Waals surface area contributed by atoms with Crippen molar-refractivity contribution in [2.75, 3.05) is 0 Å². The second kappa shape index (κ2) is 4.45. The van der Waals surface area contributed by atoms with Crippen molar-refractivity contribution in [3.63, 3.8) is 0 Å². The Morgan fingerprint density at radius 3 is 2.33 bits per heavy atom. The summed E-state index contributed by atoms with van der Waals surface area (Å²) in [5, 5.41) is 9.81. The van der Waals surface area contributed by atoms with Crippen molar-refractivity contribution in [3.05, 3.63) is 35.4 Å². The van der Waals surface area contributed by atoms with E-state index in [1.807, 2.05) is 12.1 Å². The molecule has 1 rings (SSSR count). The average Bonchev–Trinajstić information content (AvgIpc) is 2.19. The molecular formula is C12H17NO2. The van der Waals surface area contributed by atoms with Crippen LogP contribution in [-0.4, -0.2) is 11.0 Å². The maximum Gasteiger partial charge on any atom is 0.253 e. The third kappa shape index (κ3) is 2.57. The van der Waals surface area contributed by atoms with Crippen molar-refractivity contribution in [3.8, 4) is 0 Å². The highest BCUT2D eigenvalue weighted by atomic mass is 16.3. The molecule has 0 aliphatic heterocycles. The predicted molar refractivity (Wildman–Crippen MR) is 59.2 cm³/mol. The van der Waals surface area contributed by atoms with Crippen LogP contribution in [0, 0.1) is 0 Å². The van der Waals surface area contributed by atoms with Crippen LogP contribution < -0.4 is 5.73 Å². The molecule has 0 aliphatic rings. The summed E-state index contributed by atoms with van der Waals surface area (Å²) >= 11 is 0. The van der Waals surface area contributed by atoms with Gasteiger partial charge in [-0.1, -0.05) is 37.6 Å². The Hall–Kier alpha value is -1.35. The van der Waals surface area contributed by atoms with Crippen molar-refractivity contribution < 1.29 is 9.90 Å². The van der Waals surface area contributed by atoms with E-state index in [1.54, 1.807) is 12.1 Å². The highest BCUT2D eigenvalue weighted by molar-refractivity contribution is 5.84. The fourth-order valence-electron chi connectivity index (χ4n) is 1.43. The molecule has 1 aromatic carbocycles. The van der Waals surface area contributed by atoms with Crippen LogP contribution in [0.2, 0.25) is 0 Å². The molecule has 1 aromatic rings. The number of aliphatic hydroxyl groups is 1. The maximum absolute atomic E-state index is 11.0. The van der Waals surface area contributed by atoms with Gasteiger partial charge in [-0.2, -0.15) is 0 Å². The molecule has 82 valence electrons. The summed E-state index contributed by atoms with van der Waals surface area (Å²) in [6.07, 6.45) is 2.07. The van der Waals surface area contributed by atoms with Gasteiger partial charge in [-0.15, -0.1) is 0 Å². The molecule has 1 unspecified atom stereocenters. The molecule has 1 atom stereocenters. The molecule has 15 heavy (non-hydrogen) atoms. The van der Waals surface area contributed by atoms with Crippen LogP contribution in [0.5, 0.6) is 0 Å². The summed E-state index contributed by atoms with van der Waals surface area (Å²) in [5.41, 5.74) is 5.26. The zero-order chi connectivity index (χ0) is 11.5. The van der Waals surface area contributed by atoms with Gasteiger partial charge in [-0.05, 0) is 24.5 Å². The fourth-order valence-corrected chi connectivity index (χ4v) is 1.43. The Morgan fingerprint density at radius 1 is 1.40 bits per heavy atom. The quantitative estimate of drug-likeness (QED) is 0.782. The Labute approximate surface area is 89.9 Å². The summed E-state index contributed by atoms with van der Waals surface area (Å²) in [4.78, 5) is 11.0. The van der Waals surface area contributed by atoms with Gasteiger partial charge in [0, 0.05) is 0 Å². The van der Waals surface area contributed by atoms with Crippen molar-refractivity contribution in [1.29, 1.82) is 0 Å². The van der Waals surface area contributed by atoms with Gasteiger partial charge in [0.1, 0.15) is 0 Å². The summed E-state index contributed by atoms with van der Waals surface area (Å²) in [6, 6.07) is 7.32. The lowest BCUT2D eigenvalue weighted by atomic mass is 9.94. The molecule has 0 spiro atoms. The van der Waals surface area contributed by atoms with E-state index in [0.717, 1.165) is 12.8 Å². The van der Waals surface area contributed by atoms with E-state index >= 15 is 0 Å². The van der Waals surface area contributed by atoms with Gasteiger partial charge in [-0.3, -0.25) is 4.79 Å². The first-order valence-electron chi connectivity index (χ1n) is 5.10. The van der Waals surface area contributed by atoms with Gasteiger partial charge in [0.15, 0.2) is 5.60 Å². The molecule has 1 amide bonds. The summed E-state index contributed by atoms with van der Waals surface area (Å²) in [6.45, 7) is 3.51. The zero-order valence-corrected chi connectivity index (χ0v) is 9.16. The lowest BCUT2D eigenvalue weighted by Gasteiger charge is -2.19. The molecule has 0 saturated carbocycles. The number of amides is 1. The summed E-state index contributed by atoms with van der Waals surface area (Å²) in [7, 11) is 0. The first kappa shape index (κ1) is 11.7. The standard InChI is InChI=1S/C12H17NO2/c1-3-4-9-5-7-10(8-6-9)12(2,15)11(13)14/h5-8,15H,3-4H2,1-2H3,(H2,13,14). The third-order valence-electron chi connectivity index (χ3n) is 2.53. The van der Waals surface area contributed by atoms with Gasteiger partial charge in [0.25, 0.3) is 5.91 Å². The predicted octanol–water partition coefficient (Wildman–Crippen LogP) is 1.33. The maximum atomic E-state index is 11.0. The number of aryl methyl sites for hydroxylation is 1. The van der Waals surface area contributed by atoms with E-state index in [9.17, 15) is 9.90 Å². The third-order valence-corrected chi connectivity index (χ3v) is 2.53. The number of benzene rings is 1. The first-order chi connectivity index (χ1) is 6.98. The molecule has 0 aromatic heterocycles. The fraction of sp³-hybridized carbons (Fsp3) is 0.417. The molecule has 0 heterocycles. The van der Waals surface area contributed by atoms with Gasteiger partial charge >= 0.3 is 0 Å². The van der Waals surface area contributed by atoms with Gasteiger partial charge in [0.2, 0.25) is 0 Å². The molecule has 3 heteroatoms.